The molecule has 0 aliphatic heterocycles. The van der Waals surface area contributed by atoms with E-state index >= 15 is 0 Å². The first-order valence-electron chi connectivity index (χ1n) is 6.03. The molecule has 3 aromatic rings. The second-order valence-corrected chi connectivity index (χ2v) is 4.80. The van der Waals surface area contributed by atoms with Crippen LogP contribution in [0, 0.1) is 0 Å². The van der Waals surface area contributed by atoms with Gasteiger partial charge in [0.1, 0.15) is 5.52 Å². The van der Waals surface area contributed by atoms with Gasteiger partial charge in [0.2, 0.25) is 5.89 Å². The highest BCUT2D eigenvalue weighted by Gasteiger charge is 2.11. The molecule has 0 spiro atoms. The molecule has 0 atom stereocenters. The predicted octanol–water partition coefficient (Wildman–Crippen LogP) is 3.35. The van der Waals surface area contributed by atoms with Gasteiger partial charge < -0.3 is 4.42 Å². The molecule has 0 saturated carbocycles. The maximum absolute atomic E-state index is 5.74. The molecular formula is C14H15N3O. The molecule has 0 fully saturated rings. The minimum Gasteiger partial charge on any atom is -0.436 e. The van der Waals surface area contributed by atoms with Crippen molar-refractivity contribution in [2.75, 3.05) is 0 Å². The number of aryl methyl sites for hydroxylation is 1. The van der Waals surface area contributed by atoms with Crippen molar-refractivity contribution < 1.29 is 4.42 Å². The summed E-state index contributed by atoms with van der Waals surface area (Å²) in [6.07, 6.45) is 3.65. The molecule has 0 saturated heterocycles. The van der Waals surface area contributed by atoms with E-state index in [-0.39, 0.29) is 0 Å². The molecule has 0 amide bonds. The molecule has 0 unspecified atom stereocenters. The van der Waals surface area contributed by atoms with Gasteiger partial charge in [-0.15, -0.1) is 0 Å². The van der Waals surface area contributed by atoms with Crippen LogP contribution >= 0.6 is 0 Å². The van der Waals surface area contributed by atoms with E-state index in [0.29, 0.717) is 11.8 Å². The Labute approximate surface area is 105 Å². The summed E-state index contributed by atoms with van der Waals surface area (Å²) in [6, 6.07) is 6.16. The fraction of sp³-hybridized carbons (Fsp3) is 0.286. The number of aromatic nitrogens is 3. The molecule has 3 rings (SSSR count). The molecule has 1 aromatic carbocycles. The fourth-order valence-electron chi connectivity index (χ4n) is 1.96. The Balaban J connectivity index is 2.11. The normalized spacial score (nSPS) is 11.6. The van der Waals surface area contributed by atoms with E-state index in [0.717, 1.165) is 16.7 Å². The summed E-state index contributed by atoms with van der Waals surface area (Å²) in [6.45, 7) is 4.34. The van der Waals surface area contributed by atoms with Crippen molar-refractivity contribution in [2.24, 2.45) is 7.05 Å². The lowest BCUT2D eigenvalue weighted by Gasteiger charge is -2.02. The summed E-state index contributed by atoms with van der Waals surface area (Å²) in [5, 5.41) is 4.13. The van der Waals surface area contributed by atoms with Crippen LogP contribution in [0.15, 0.2) is 35.0 Å². The maximum atomic E-state index is 5.74. The quantitative estimate of drug-likeness (QED) is 0.691. The smallest absolute Gasteiger partial charge is 0.230 e. The number of benzene rings is 1. The molecule has 0 aliphatic rings. The highest BCUT2D eigenvalue weighted by molar-refractivity contribution is 5.76. The van der Waals surface area contributed by atoms with Crippen LogP contribution in [-0.4, -0.2) is 14.8 Å². The first-order valence-corrected chi connectivity index (χ1v) is 6.03. The van der Waals surface area contributed by atoms with Crippen LogP contribution < -0.4 is 0 Å². The third-order valence-corrected chi connectivity index (χ3v) is 3.03. The van der Waals surface area contributed by atoms with Gasteiger partial charge in [-0.25, -0.2) is 4.98 Å². The first kappa shape index (κ1) is 11.0. The van der Waals surface area contributed by atoms with Crippen molar-refractivity contribution in [1.82, 2.24) is 14.8 Å². The minimum absolute atomic E-state index is 0.493. The topological polar surface area (TPSA) is 43.9 Å². The SMILES string of the molecule is CC(C)c1ccc2oc(-c3cnn(C)c3)nc2c1. The number of nitrogens with zero attached hydrogens (tertiary/aromatic N) is 3. The van der Waals surface area contributed by atoms with Crippen molar-refractivity contribution >= 4 is 11.1 Å². The molecule has 0 radical (unpaired) electrons. The van der Waals surface area contributed by atoms with Crippen molar-refractivity contribution in [3.8, 4) is 11.5 Å². The summed E-state index contributed by atoms with van der Waals surface area (Å²) in [5.74, 6) is 1.12. The minimum atomic E-state index is 0.493. The second-order valence-electron chi connectivity index (χ2n) is 4.80. The van der Waals surface area contributed by atoms with E-state index < -0.39 is 0 Å². The molecule has 0 N–H and O–H groups in total. The number of oxazole rings is 1. The van der Waals surface area contributed by atoms with E-state index in [1.807, 2.05) is 19.3 Å². The summed E-state index contributed by atoms with van der Waals surface area (Å²) in [7, 11) is 1.88. The van der Waals surface area contributed by atoms with Crippen LogP contribution in [0.2, 0.25) is 0 Å². The standard InChI is InChI=1S/C14H15N3O/c1-9(2)10-4-5-13-12(6-10)16-14(18-13)11-7-15-17(3)8-11/h4-9H,1-3H3. The molecule has 2 heterocycles. The second kappa shape index (κ2) is 3.98. The maximum Gasteiger partial charge on any atom is 0.230 e. The number of fused-ring (bicyclic) bond motifs is 1. The van der Waals surface area contributed by atoms with Crippen LogP contribution in [0.5, 0.6) is 0 Å². The van der Waals surface area contributed by atoms with Gasteiger partial charge in [0, 0.05) is 13.2 Å². The Kier molecular flexibility index (Phi) is 2.44. The van der Waals surface area contributed by atoms with Gasteiger partial charge in [-0.3, -0.25) is 4.68 Å². The van der Waals surface area contributed by atoms with Gasteiger partial charge in [0.25, 0.3) is 0 Å². The third kappa shape index (κ3) is 1.79. The molecule has 4 heteroatoms. The van der Waals surface area contributed by atoms with Gasteiger partial charge >= 0.3 is 0 Å². The fourth-order valence-corrected chi connectivity index (χ4v) is 1.96. The Morgan fingerprint density at radius 3 is 2.78 bits per heavy atom. The van der Waals surface area contributed by atoms with E-state index in [9.17, 15) is 0 Å². The van der Waals surface area contributed by atoms with Crippen LogP contribution in [0.3, 0.4) is 0 Å². The van der Waals surface area contributed by atoms with Gasteiger partial charge in [0.05, 0.1) is 11.8 Å². The summed E-state index contributed by atoms with van der Waals surface area (Å²) in [4.78, 5) is 4.52. The Morgan fingerprint density at radius 2 is 2.11 bits per heavy atom. The average molecular weight is 241 g/mol. The lowest BCUT2D eigenvalue weighted by molar-refractivity contribution is 0.619. The van der Waals surface area contributed by atoms with Crippen LogP contribution in [-0.2, 0) is 7.05 Å². The predicted molar refractivity (Wildman–Crippen MR) is 70.3 cm³/mol. The third-order valence-electron chi connectivity index (χ3n) is 3.03. The molecule has 0 aliphatic carbocycles. The van der Waals surface area contributed by atoms with Gasteiger partial charge in [-0.1, -0.05) is 19.9 Å². The van der Waals surface area contributed by atoms with Gasteiger partial charge in [0.15, 0.2) is 5.58 Å². The Bertz CT molecular complexity index is 694. The molecular weight excluding hydrogens is 226 g/mol. The zero-order valence-electron chi connectivity index (χ0n) is 10.7. The molecule has 18 heavy (non-hydrogen) atoms. The zero-order valence-corrected chi connectivity index (χ0v) is 10.7. The summed E-state index contributed by atoms with van der Waals surface area (Å²) in [5.41, 5.74) is 3.90. The van der Waals surface area contributed by atoms with E-state index in [2.05, 4.69) is 36.1 Å². The Morgan fingerprint density at radius 1 is 1.28 bits per heavy atom. The summed E-state index contributed by atoms with van der Waals surface area (Å²) >= 11 is 0. The monoisotopic (exact) mass is 241 g/mol. The molecule has 0 bridgehead atoms. The van der Waals surface area contributed by atoms with E-state index in [4.69, 9.17) is 4.42 Å². The molecule has 4 nitrogen and oxygen atoms in total. The molecule has 2 aromatic heterocycles. The van der Waals surface area contributed by atoms with Crippen molar-refractivity contribution in [3.05, 3.63) is 36.2 Å². The lowest BCUT2D eigenvalue weighted by atomic mass is 10.0. The number of rotatable bonds is 2. The first-order chi connectivity index (χ1) is 8.63. The highest BCUT2D eigenvalue weighted by atomic mass is 16.3. The number of hydrogen-bond donors (Lipinski definition) is 0. The van der Waals surface area contributed by atoms with Crippen LogP contribution in [0.25, 0.3) is 22.6 Å². The van der Waals surface area contributed by atoms with E-state index in [1.165, 1.54) is 5.56 Å². The van der Waals surface area contributed by atoms with Crippen molar-refractivity contribution in [1.29, 1.82) is 0 Å². The highest BCUT2D eigenvalue weighted by Crippen LogP contribution is 2.26. The zero-order chi connectivity index (χ0) is 12.7. The van der Waals surface area contributed by atoms with Gasteiger partial charge in [-0.05, 0) is 23.6 Å². The summed E-state index contributed by atoms with van der Waals surface area (Å²) < 4.78 is 7.48. The largest absolute Gasteiger partial charge is 0.436 e. The molecule has 92 valence electrons. The average Bonchev–Trinajstić information content (AvgIpc) is 2.93. The van der Waals surface area contributed by atoms with Crippen LogP contribution in [0.4, 0.5) is 0 Å². The van der Waals surface area contributed by atoms with Crippen LogP contribution in [0.1, 0.15) is 25.3 Å². The lowest BCUT2D eigenvalue weighted by Crippen LogP contribution is -1.85. The number of hydrogen-bond acceptors (Lipinski definition) is 3. The van der Waals surface area contributed by atoms with Crippen molar-refractivity contribution in [3.63, 3.8) is 0 Å². The van der Waals surface area contributed by atoms with Crippen molar-refractivity contribution in [2.45, 2.75) is 19.8 Å². The van der Waals surface area contributed by atoms with E-state index in [1.54, 1.807) is 10.9 Å². The van der Waals surface area contributed by atoms with Gasteiger partial charge in [-0.2, -0.15) is 5.10 Å². The Hall–Kier alpha value is -2.10.